The Morgan fingerprint density at radius 3 is 2.40 bits per heavy atom. The maximum Gasteiger partial charge on any atom is 0.257 e. The zero-order valence-corrected chi connectivity index (χ0v) is 15.9. The highest BCUT2D eigenvalue weighted by Gasteiger charge is 2.28. The van der Waals surface area contributed by atoms with E-state index in [-0.39, 0.29) is 29.5 Å². The minimum absolute atomic E-state index is 0.00732. The number of amides is 2. The Labute approximate surface area is 156 Å². The van der Waals surface area contributed by atoms with Crippen molar-refractivity contribution in [3.8, 4) is 5.75 Å². The first-order valence-electron chi connectivity index (χ1n) is 9.13. The van der Waals surface area contributed by atoms with Crippen LogP contribution < -0.4 is 5.32 Å². The summed E-state index contributed by atoms with van der Waals surface area (Å²) < 4.78 is 0.741. The van der Waals surface area contributed by atoms with Gasteiger partial charge in [-0.1, -0.05) is 35.2 Å². The molecule has 1 saturated carbocycles. The van der Waals surface area contributed by atoms with E-state index in [4.69, 9.17) is 0 Å². The molecule has 0 unspecified atom stereocenters. The van der Waals surface area contributed by atoms with Crippen LogP contribution in [0.4, 0.5) is 0 Å². The third kappa shape index (κ3) is 4.54. The average molecular weight is 409 g/mol. The number of rotatable bonds is 3. The molecule has 0 radical (unpaired) electrons. The van der Waals surface area contributed by atoms with Crippen molar-refractivity contribution in [2.24, 2.45) is 5.92 Å². The second-order valence-electron chi connectivity index (χ2n) is 7.07. The highest BCUT2D eigenvalue weighted by molar-refractivity contribution is 9.10. The summed E-state index contributed by atoms with van der Waals surface area (Å²) in [6, 6.07) is 5.07. The lowest BCUT2D eigenvalue weighted by Crippen LogP contribution is -2.48. The third-order valence-corrected chi connectivity index (χ3v) is 5.79. The predicted octanol–water partition coefficient (Wildman–Crippen LogP) is 3.46. The summed E-state index contributed by atoms with van der Waals surface area (Å²) in [7, 11) is 0. The standard InChI is InChI=1S/C19H25BrN2O3/c20-14-6-7-16(17(23)12-14)19(25)22-10-8-15(9-11-22)21-18(24)13-4-2-1-3-5-13/h6-7,12-13,15,23H,1-5,8-11H2,(H,21,24). The number of hydrogen-bond acceptors (Lipinski definition) is 3. The summed E-state index contributed by atoms with van der Waals surface area (Å²) in [5, 5.41) is 13.1. The number of piperidine rings is 1. The molecule has 2 amide bonds. The molecule has 2 N–H and O–H groups in total. The van der Waals surface area contributed by atoms with Gasteiger partial charge in [0.1, 0.15) is 5.75 Å². The molecule has 1 aliphatic carbocycles. The number of halogens is 1. The maximum atomic E-state index is 12.6. The van der Waals surface area contributed by atoms with Crippen LogP contribution in [0.25, 0.3) is 0 Å². The van der Waals surface area contributed by atoms with Crippen molar-refractivity contribution in [1.82, 2.24) is 10.2 Å². The fourth-order valence-electron chi connectivity index (χ4n) is 3.77. The fourth-order valence-corrected chi connectivity index (χ4v) is 4.12. The Balaban J connectivity index is 1.51. The Kier molecular flexibility index (Phi) is 5.99. The summed E-state index contributed by atoms with van der Waals surface area (Å²) in [4.78, 5) is 26.7. The average Bonchev–Trinajstić information content (AvgIpc) is 2.62. The number of nitrogens with zero attached hydrogens (tertiary/aromatic N) is 1. The molecule has 1 saturated heterocycles. The van der Waals surface area contributed by atoms with Crippen molar-refractivity contribution < 1.29 is 14.7 Å². The van der Waals surface area contributed by atoms with E-state index >= 15 is 0 Å². The van der Waals surface area contributed by atoms with Gasteiger partial charge in [-0.3, -0.25) is 9.59 Å². The number of hydrogen-bond donors (Lipinski definition) is 2. The van der Waals surface area contributed by atoms with Gasteiger partial charge in [0.25, 0.3) is 5.91 Å². The van der Waals surface area contributed by atoms with Crippen molar-refractivity contribution in [2.75, 3.05) is 13.1 Å². The van der Waals surface area contributed by atoms with E-state index in [0.717, 1.165) is 43.0 Å². The molecular weight excluding hydrogens is 384 g/mol. The van der Waals surface area contributed by atoms with Crippen LogP contribution in [0.5, 0.6) is 5.75 Å². The first-order chi connectivity index (χ1) is 12.0. The largest absolute Gasteiger partial charge is 0.507 e. The highest BCUT2D eigenvalue weighted by atomic mass is 79.9. The number of carbonyl (C=O) groups is 2. The van der Waals surface area contributed by atoms with E-state index in [1.807, 2.05) is 0 Å². The van der Waals surface area contributed by atoms with Crippen LogP contribution in [-0.2, 0) is 4.79 Å². The first kappa shape index (κ1) is 18.2. The summed E-state index contributed by atoms with van der Waals surface area (Å²) in [6.07, 6.45) is 7.09. The van der Waals surface area contributed by atoms with Crippen molar-refractivity contribution >= 4 is 27.7 Å². The molecular formula is C19H25BrN2O3. The number of nitrogens with one attached hydrogen (secondary N) is 1. The van der Waals surface area contributed by atoms with Crippen LogP contribution in [-0.4, -0.2) is 41.0 Å². The van der Waals surface area contributed by atoms with Gasteiger partial charge in [0.15, 0.2) is 0 Å². The van der Waals surface area contributed by atoms with Crippen LogP contribution in [0.1, 0.15) is 55.3 Å². The first-order valence-corrected chi connectivity index (χ1v) is 9.92. The third-order valence-electron chi connectivity index (χ3n) is 5.29. The van der Waals surface area contributed by atoms with Gasteiger partial charge in [-0.2, -0.15) is 0 Å². The maximum absolute atomic E-state index is 12.6. The van der Waals surface area contributed by atoms with Gasteiger partial charge in [-0.05, 0) is 43.9 Å². The molecule has 1 aliphatic heterocycles. The molecule has 0 spiro atoms. The number of phenols is 1. The molecule has 0 bridgehead atoms. The van der Waals surface area contributed by atoms with Crippen LogP contribution in [0, 0.1) is 5.92 Å². The molecule has 5 nitrogen and oxygen atoms in total. The van der Waals surface area contributed by atoms with Crippen LogP contribution in [0.15, 0.2) is 22.7 Å². The van der Waals surface area contributed by atoms with Crippen molar-refractivity contribution in [3.05, 3.63) is 28.2 Å². The van der Waals surface area contributed by atoms with E-state index in [9.17, 15) is 14.7 Å². The van der Waals surface area contributed by atoms with E-state index in [0.29, 0.717) is 18.7 Å². The molecule has 2 fully saturated rings. The minimum Gasteiger partial charge on any atom is -0.507 e. The second-order valence-corrected chi connectivity index (χ2v) is 7.99. The van der Waals surface area contributed by atoms with Gasteiger partial charge >= 0.3 is 0 Å². The molecule has 136 valence electrons. The molecule has 25 heavy (non-hydrogen) atoms. The lowest BCUT2D eigenvalue weighted by molar-refractivity contribution is -0.126. The Bertz CT molecular complexity index is 636. The molecule has 1 aromatic rings. The zero-order valence-electron chi connectivity index (χ0n) is 14.3. The van der Waals surface area contributed by atoms with Crippen LogP contribution in [0.3, 0.4) is 0 Å². The number of phenolic OH excluding ortho intramolecular Hbond substituents is 1. The topological polar surface area (TPSA) is 69.6 Å². The van der Waals surface area contributed by atoms with E-state index in [1.54, 1.807) is 17.0 Å². The van der Waals surface area contributed by atoms with Gasteiger partial charge in [-0.15, -0.1) is 0 Å². The smallest absolute Gasteiger partial charge is 0.257 e. The van der Waals surface area contributed by atoms with Gasteiger partial charge in [0, 0.05) is 29.5 Å². The quantitative estimate of drug-likeness (QED) is 0.804. The summed E-state index contributed by atoms with van der Waals surface area (Å²) in [5.41, 5.74) is 0.327. The molecule has 0 atom stereocenters. The van der Waals surface area contributed by atoms with E-state index in [2.05, 4.69) is 21.2 Å². The molecule has 2 aliphatic rings. The minimum atomic E-state index is -0.151. The number of aromatic hydroxyl groups is 1. The van der Waals surface area contributed by atoms with Gasteiger partial charge in [-0.25, -0.2) is 0 Å². The number of carbonyl (C=O) groups excluding carboxylic acids is 2. The molecule has 0 aromatic heterocycles. The van der Waals surface area contributed by atoms with Crippen molar-refractivity contribution in [1.29, 1.82) is 0 Å². The fraction of sp³-hybridized carbons (Fsp3) is 0.579. The van der Waals surface area contributed by atoms with Crippen LogP contribution >= 0.6 is 15.9 Å². The van der Waals surface area contributed by atoms with Crippen molar-refractivity contribution in [2.45, 2.75) is 51.0 Å². The summed E-state index contributed by atoms with van der Waals surface area (Å²) >= 11 is 3.28. The summed E-state index contributed by atoms with van der Waals surface area (Å²) in [6.45, 7) is 1.20. The lowest BCUT2D eigenvalue weighted by atomic mass is 9.88. The normalized spacial score (nSPS) is 19.6. The van der Waals surface area contributed by atoms with Gasteiger partial charge in [0.05, 0.1) is 5.56 Å². The van der Waals surface area contributed by atoms with Gasteiger partial charge < -0.3 is 15.3 Å². The Hall–Kier alpha value is -1.56. The lowest BCUT2D eigenvalue weighted by Gasteiger charge is -2.33. The molecule has 1 aromatic carbocycles. The van der Waals surface area contributed by atoms with Crippen molar-refractivity contribution in [3.63, 3.8) is 0 Å². The predicted molar refractivity (Wildman–Crippen MR) is 99.5 cm³/mol. The number of benzene rings is 1. The zero-order chi connectivity index (χ0) is 17.8. The summed E-state index contributed by atoms with van der Waals surface area (Å²) in [5.74, 6) is 0.206. The van der Waals surface area contributed by atoms with Crippen LogP contribution in [0.2, 0.25) is 0 Å². The molecule has 6 heteroatoms. The monoisotopic (exact) mass is 408 g/mol. The van der Waals surface area contributed by atoms with E-state index in [1.165, 1.54) is 12.5 Å². The second kappa shape index (κ2) is 8.21. The number of likely N-dealkylation sites (tertiary alicyclic amines) is 1. The van der Waals surface area contributed by atoms with Gasteiger partial charge in [0.2, 0.25) is 5.91 Å². The molecule has 1 heterocycles. The Morgan fingerprint density at radius 1 is 1.08 bits per heavy atom. The van der Waals surface area contributed by atoms with E-state index < -0.39 is 0 Å². The molecule has 3 rings (SSSR count). The SMILES string of the molecule is O=C(NC1CCN(C(=O)c2ccc(Br)cc2O)CC1)C1CCCCC1. The Morgan fingerprint density at radius 2 is 1.76 bits per heavy atom. The highest BCUT2D eigenvalue weighted by Crippen LogP contribution is 2.26.